The van der Waals surface area contributed by atoms with Crippen LogP contribution in [0.25, 0.3) is 33.8 Å². The number of pyridine rings is 2. The zero-order valence-corrected chi connectivity index (χ0v) is 23.8. The van der Waals surface area contributed by atoms with Crippen molar-refractivity contribution in [3.63, 3.8) is 0 Å². The largest absolute Gasteiger partial charge is 0.439 e. The zero-order valence-electron chi connectivity index (χ0n) is 23.0. The minimum atomic E-state index is -0.644. The Morgan fingerprint density at radius 2 is 1.98 bits per heavy atom. The number of imidazole rings is 1. The Labute approximate surface area is 240 Å². The summed E-state index contributed by atoms with van der Waals surface area (Å²) in [5.41, 5.74) is 3.53. The lowest BCUT2D eigenvalue weighted by Gasteiger charge is -2.30. The maximum atomic E-state index is 11.8. The van der Waals surface area contributed by atoms with Crippen LogP contribution in [0.2, 0.25) is 5.02 Å². The van der Waals surface area contributed by atoms with Crippen LogP contribution in [-0.2, 0) is 13.6 Å². The van der Waals surface area contributed by atoms with Crippen molar-refractivity contribution in [1.29, 1.82) is 0 Å². The van der Waals surface area contributed by atoms with Crippen LogP contribution in [0.4, 0.5) is 5.95 Å². The van der Waals surface area contributed by atoms with Gasteiger partial charge in [-0.05, 0) is 49.7 Å². The Bertz CT molecular complexity index is 1760. The van der Waals surface area contributed by atoms with E-state index in [1.54, 1.807) is 18.7 Å². The van der Waals surface area contributed by atoms with E-state index >= 15 is 0 Å². The molecule has 6 heterocycles. The lowest BCUT2D eigenvalue weighted by Crippen LogP contribution is -2.29. The summed E-state index contributed by atoms with van der Waals surface area (Å²) in [7, 11) is 1.93. The third-order valence-electron chi connectivity index (χ3n) is 8.50. The Morgan fingerprint density at radius 3 is 2.71 bits per heavy atom. The van der Waals surface area contributed by atoms with Gasteiger partial charge in [-0.15, -0.1) is 0 Å². The Kier molecular flexibility index (Phi) is 6.57. The van der Waals surface area contributed by atoms with E-state index in [9.17, 15) is 4.79 Å². The van der Waals surface area contributed by atoms with Gasteiger partial charge in [-0.3, -0.25) is 19.2 Å². The zero-order chi connectivity index (χ0) is 28.1. The first-order chi connectivity index (χ1) is 19.9. The molecule has 0 amide bonds. The van der Waals surface area contributed by atoms with Gasteiger partial charge in [0.25, 0.3) is 0 Å². The number of halogens is 1. The number of aryl methyl sites for hydroxylation is 1. The molecule has 2 fully saturated rings. The second-order valence-corrected chi connectivity index (χ2v) is 11.7. The Hall–Kier alpha value is -4.06. The second kappa shape index (κ2) is 10.4. The number of hydrogen-bond donors (Lipinski definition) is 1. The number of hydrogen-bond acceptors (Lipinski definition) is 9. The van der Waals surface area contributed by atoms with Crippen LogP contribution < -0.4 is 10.7 Å². The highest BCUT2D eigenvalue weighted by atomic mass is 35.5. The summed E-state index contributed by atoms with van der Waals surface area (Å²) >= 11 is 6.40. The maximum absolute atomic E-state index is 11.8. The molecule has 1 N–H and O–H groups in total. The highest BCUT2D eigenvalue weighted by molar-refractivity contribution is 6.30. The number of anilines is 1. The van der Waals surface area contributed by atoms with E-state index in [0.29, 0.717) is 22.3 Å². The van der Waals surface area contributed by atoms with Crippen molar-refractivity contribution in [2.45, 2.75) is 58.0 Å². The number of aromatic nitrogens is 9. The van der Waals surface area contributed by atoms with E-state index in [-0.39, 0.29) is 11.9 Å². The number of nitrogens with zero attached hydrogens (tertiary/aromatic N) is 9. The standard InChI is InChI=1S/C28H31ClN10O2/c1-16-5-7-17(8-6-16)14-39-24-20(34-27(39)38-9-3-4-22(38)26-31-15-32-37(26)2)11-21(25-35-28(40)41-36-25)33-23(24)18-10-19(29)13-30-12-18/h10-13,15-17,22H,3-9,14H2,1-2H3,(H,35,36,40). The summed E-state index contributed by atoms with van der Waals surface area (Å²) in [6, 6.07) is 3.77. The van der Waals surface area contributed by atoms with Crippen molar-refractivity contribution in [2.75, 3.05) is 11.4 Å². The predicted molar refractivity (Wildman–Crippen MR) is 153 cm³/mol. The summed E-state index contributed by atoms with van der Waals surface area (Å²) < 4.78 is 8.98. The number of rotatable bonds is 6. The van der Waals surface area contributed by atoms with Crippen LogP contribution in [0.3, 0.4) is 0 Å². The van der Waals surface area contributed by atoms with Gasteiger partial charge in [0.15, 0.2) is 0 Å². The molecule has 12 nitrogen and oxygen atoms in total. The molecule has 1 aliphatic carbocycles. The fraction of sp³-hybridized carbons (Fsp3) is 0.464. The Balaban J connectivity index is 1.45. The first-order valence-corrected chi connectivity index (χ1v) is 14.5. The molecule has 13 heteroatoms. The monoisotopic (exact) mass is 574 g/mol. The minimum Gasteiger partial charge on any atom is -0.332 e. The highest BCUT2D eigenvalue weighted by Gasteiger charge is 2.34. The SMILES string of the molecule is CC1CCC(Cn2c(N3CCCC3c3ncnn3C)nc3cc(-c4noc(=O)[nH]4)nc(-c4cncc(Cl)c4)c32)CC1. The number of aromatic amines is 1. The van der Waals surface area contributed by atoms with Crippen molar-refractivity contribution >= 4 is 28.6 Å². The topological polar surface area (TPSA) is 136 Å². The van der Waals surface area contributed by atoms with E-state index < -0.39 is 5.76 Å². The molecule has 0 bridgehead atoms. The van der Waals surface area contributed by atoms with Crippen molar-refractivity contribution in [2.24, 2.45) is 18.9 Å². The summed E-state index contributed by atoms with van der Waals surface area (Å²) in [6.07, 6.45) is 11.7. The molecular formula is C28H31ClN10O2. The third-order valence-corrected chi connectivity index (χ3v) is 8.70. The molecule has 0 radical (unpaired) electrons. The smallest absolute Gasteiger partial charge is 0.332 e. The lowest BCUT2D eigenvalue weighted by atomic mass is 9.83. The van der Waals surface area contributed by atoms with Gasteiger partial charge >= 0.3 is 5.76 Å². The molecule has 5 aromatic rings. The van der Waals surface area contributed by atoms with E-state index in [1.165, 1.54) is 25.7 Å². The van der Waals surface area contributed by atoms with E-state index in [2.05, 4.69) is 41.6 Å². The van der Waals surface area contributed by atoms with Gasteiger partial charge in [0.05, 0.1) is 27.8 Å². The molecule has 0 aromatic carbocycles. The van der Waals surface area contributed by atoms with Crippen LogP contribution in [0.15, 0.2) is 40.2 Å². The first kappa shape index (κ1) is 25.9. The van der Waals surface area contributed by atoms with Crippen LogP contribution in [-0.4, -0.2) is 51.0 Å². The molecule has 2 aliphatic rings. The quantitative estimate of drug-likeness (QED) is 0.303. The molecule has 1 saturated carbocycles. The van der Waals surface area contributed by atoms with Crippen LogP contribution in [0.5, 0.6) is 0 Å². The number of H-pyrrole nitrogens is 1. The second-order valence-electron chi connectivity index (χ2n) is 11.3. The maximum Gasteiger partial charge on any atom is 0.439 e. The van der Waals surface area contributed by atoms with Gasteiger partial charge in [0.1, 0.15) is 17.8 Å². The minimum absolute atomic E-state index is 0.0556. The average molecular weight is 575 g/mol. The van der Waals surface area contributed by atoms with Crippen molar-refractivity contribution in [3.8, 4) is 22.8 Å². The molecule has 5 aromatic heterocycles. The summed E-state index contributed by atoms with van der Waals surface area (Å²) in [6.45, 7) is 4.02. The van der Waals surface area contributed by atoms with Crippen LogP contribution >= 0.6 is 11.6 Å². The molecule has 212 valence electrons. The fourth-order valence-corrected chi connectivity index (χ4v) is 6.57. The highest BCUT2D eigenvalue weighted by Crippen LogP contribution is 2.41. The third kappa shape index (κ3) is 4.79. The van der Waals surface area contributed by atoms with Gasteiger partial charge in [-0.2, -0.15) is 5.10 Å². The molecule has 1 aliphatic heterocycles. The molecule has 1 saturated heterocycles. The van der Waals surface area contributed by atoms with Gasteiger partial charge in [-0.25, -0.2) is 19.7 Å². The van der Waals surface area contributed by atoms with Crippen LogP contribution in [0.1, 0.15) is 57.3 Å². The number of fused-ring (bicyclic) bond motifs is 1. The van der Waals surface area contributed by atoms with Gasteiger partial charge < -0.3 is 9.47 Å². The van der Waals surface area contributed by atoms with Crippen molar-refractivity contribution < 1.29 is 4.52 Å². The van der Waals surface area contributed by atoms with E-state index in [0.717, 1.165) is 60.2 Å². The summed E-state index contributed by atoms with van der Waals surface area (Å²) in [5, 5.41) is 8.75. The summed E-state index contributed by atoms with van der Waals surface area (Å²) in [5.74, 6) is 2.68. The molecule has 41 heavy (non-hydrogen) atoms. The predicted octanol–water partition coefficient (Wildman–Crippen LogP) is 4.79. The van der Waals surface area contributed by atoms with Gasteiger partial charge in [0.2, 0.25) is 11.8 Å². The van der Waals surface area contributed by atoms with Crippen LogP contribution in [0, 0.1) is 11.8 Å². The van der Waals surface area contributed by atoms with Crippen molar-refractivity contribution in [3.05, 3.63) is 52.3 Å². The molecule has 0 spiro atoms. The van der Waals surface area contributed by atoms with Gasteiger partial charge in [-0.1, -0.05) is 36.5 Å². The molecule has 1 atom stereocenters. The normalized spacial score (nSPS) is 21.2. The average Bonchev–Trinajstić information content (AvgIpc) is 3.76. The first-order valence-electron chi connectivity index (χ1n) is 14.1. The Morgan fingerprint density at radius 1 is 1.12 bits per heavy atom. The van der Waals surface area contributed by atoms with E-state index in [4.69, 9.17) is 26.1 Å². The number of nitrogens with one attached hydrogen (secondary N) is 1. The van der Waals surface area contributed by atoms with E-state index in [1.807, 2.05) is 23.9 Å². The fourth-order valence-electron chi connectivity index (χ4n) is 6.39. The molecule has 7 rings (SSSR count). The molecular weight excluding hydrogens is 544 g/mol. The molecule has 1 unspecified atom stereocenters. The lowest BCUT2D eigenvalue weighted by molar-refractivity contribution is 0.266. The van der Waals surface area contributed by atoms with Crippen molar-refractivity contribution in [1.82, 2.24) is 44.4 Å². The summed E-state index contributed by atoms with van der Waals surface area (Å²) in [4.78, 5) is 36.0. The van der Waals surface area contributed by atoms with Gasteiger partial charge in [0, 0.05) is 38.1 Å².